The predicted molar refractivity (Wildman–Crippen MR) is 71.4 cm³/mol. The number of amides is 1. The molecule has 1 aromatic heterocycles. The smallest absolute Gasteiger partial charge is 0.220 e. The van der Waals surface area contributed by atoms with Crippen LogP contribution in [0, 0.1) is 5.82 Å². The summed E-state index contributed by atoms with van der Waals surface area (Å²) in [6, 6.07) is 6.56. The summed E-state index contributed by atoms with van der Waals surface area (Å²) in [7, 11) is 0. The van der Waals surface area contributed by atoms with Crippen LogP contribution in [0.25, 0.3) is 11.3 Å². The highest BCUT2D eigenvalue weighted by Crippen LogP contribution is 2.24. The van der Waals surface area contributed by atoms with Gasteiger partial charge in [0.15, 0.2) is 0 Å². The van der Waals surface area contributed by atoms with Gasteiger partial charge in [-0.15, -0.1) is 0 Å². The molecule has 2 aromatic rings. The molecule has 0 radical (unpaired) electrons. The molecular formula is C15H15FN2O2. The molecule has 1 aliphatic carbocycles. The summed E-state index contributed by atoms with van der Waals surface area (Å²) in [5, 5.41) is 6.84. The Balaban J connectivity index is 1.68. The number of carbonyl (C=O) groups is 1. The number of hydrogen-bond acceptors (Lipinski definition) is 3. The highest BCUT2D eigenvalue weighted by molar-refractivity contribution is 5.77. The zero-order valence-corrected chi connectivity index (χ0v) is 10.9. The second-order valence-electron chi connectivity index (χ2n) is 5.04. The zero-order valence-electron chi connectivity index (χ0n) is 10.9. The van der Waals surface area contributed by atoms with Crippen LogP contribution in [-0.4, -0.2) is 17.1 Å². The van der Waals surface area contributed by atoms with Crippen molar-refractivity contribution in [3.05, 3.63) is 41.9 Å². The van der Waals surface area contributed by atoms with Crippen LogP contribution in [0.2, 0.25) is 0 Å². The van der Waals surface area contributed by atoms with Gasteiger partial charge in [0.05, 0.1) is 0 Å². The monoisotopic (exact) mass is 274 g/mol. The minimum absolute atomic E-state index is 0.0406. The lowest BCUT2D eigenvalue weighted by Gasteiger charge is -2.03. The van der Waals surface area contributed by atoms with Crippen molar-refractivity contribution in [2.24, 2.45) is 0 Å². The van der Waals surface area contributed by atoms with Crippen LogP contribution in [0.4, 0.5) is 4.39 Å². The van der Waals surface area contributed by atoms with Crippen molar-refractivity contribution in [3.63, 3.8) is 0 Å². The molecule has 1 aromatic carbocycles. The lowest BCUT2D eigenvalue weighted by atomic mass is 10.0. The number of aryl methyl sites for hydroxylation is 1. The summed E-state index contributed by atoms with van der Waals surface area (Å²) < 4.78 is 18.2. The number of rotatable bonds is 5. The summed E-state index contributed by atoms with van der Waals surface area (Å²) in [5.74, 6) is -0.276. The molecule has 1 fully saturated rings. The maximum atomic E-state index is 13.2. The Morgan fingerprint density at radius 2 is 2.30 bits per heavy atom. The third-order valence-corrected chi connectivity index (χ3v) is 3.31. The lowest BCUT2D eigenvalue weighted by molar-refractivity contribution is -0.121. The topological polar surface area (TPSA) is 55.1 Å². The lowest BCUT2D eigenvalue weighted by Crippen LogP contribution is -2.25. The minimum Gasteiger partial charge on any atom is -0.364 e. The number of halogens is 1. The second kappa shape index (κ2) is 5.45. The van der Waals surface area contributed by atoms with E-state index in [1.165, 1.54) is 18.4 Å². The standard InChI is InChI=1S/C15H15FN2O2/c16-12-3-1-2-10(8-12)15-11(9-20-18-15)4-7-14(19)17-13-5-6-13/h1-3,8-9,13H,4-7H2,(H,17,19). The van der Waals surface area contributed by atoms with Gasteiger partial charge >= 0.3 is 0 Å². The fourth-order valence-electron chi connectivity index (χ4n) is 2.08. The molecule has 20 heavy (non-hydrogen) atoms. The van der Waals surface area contributed by atoms with Crippen molar-refractivity contribution in [1.82, 2.24) is 10.5 Å². The molecule has 0 spiro atoms. The third kappa shape index (κ3) is 3.04. The Kier molecular flexibility index (Phi) is 3.50. The molecule has 0 atom stereocenters. The van der Waals surface area contributed by atoms with Gasteiger partial charge < -0.3 is 9.84 Å². The Labute approximate surface area is 116 Å². The SMILES string of the molecule is O=C(CCc1conc1-c1cccc(F)c1)NC1CC1. The Morgan fingerprint density at radius 3 is 3.05 bits per heavy atom. The van der Waals surface area contributed by atoms with E-state index in [2.05, 4.69) is 10.5 Å². The van der Waals surface area contributed by atoms with Gasteiger partial charge in [-0.3, -0.25) is 4.79 Å². The van der Waals surface area contributed by atoms with Crippen LogP contribution >= 0.6 is 0 Å². The molecule has 5 heteroatoms. The Hall–Kier alpha value is -2.17. The zero-order chi connectivity index (χ0) is 13.9. The van der Waals surface area contributed by atoms with E-state index in [1.54, 1.807) is 12.1 Å². The average Bonchev–Trinajstić information content (AvgIpc) is 3.11. The number of nitrogens with one attached hydrogen (secondary N) is 1. The summed E-state index contributed by atoms with van der Waals surface area (Å²) >= 11 is 0. The molecular weight excluding hydrogens is 259 g/mol. The van der Waals surface area contributed by atoms with Crippen molar-refractivity contribution in [3.8, 4) is 11.3 Å². The first-order valence-electron chi connectivity index (χ1n) is 6.71. The summed E-state index contributed by atoms with van der Waals surface area (Å²) in [4.78, 5) is 11.7. The number of carbonyl (C=O) groups excluding carboxylic acids is 1. The van der Waals surface area contributed by atoms with Crippen LogP contribution in [0.1, 0.15) is 24.8 Å². The molecule has 104 valence electrons. The molecule has 0 unspecified atom stereocenters. The molecule has 3 rings (SSSR count). The van der Waals surface area contributed by atoms with E-state index in [4.69, 9.17) is 4.52 Å². The highest BCUT2D eigenvalue weighted by atomic mass is 19.1. The average molecular weight is 274 g/mol. The molecule has 1 N–H and O–H groups in total. The fourth-order valence-corrected chi connectivity index (χ4v) is 2.08. The summed E-state index contributed by atoms with van der Waals surface area (Å²) in [6.07, 6.45) is 4.60. The van der Waals surface area contributed by atoms with Crippen molar-refractivity contribution in [2.75, 3.05) is 0 Å². The number of benzene rings is 1. The number of hydrogen-bond donors (Lipinski definition) is 1. The van der Waals surface area contributed by atoms with Crippen LogP contribution in [0.5, 0.6) is 0 Å². The largest absolute Gasteiger partial charge is 0.364 e. The second-order valence-corrected chi connectivity index (χ2v) is 5.04. The van der Waals surface area contributed by atoms with Gasteiger partial charge in [0.25, 0.3) is 0 Å². The van der Waals surface area contributed by atoms with Crippen molar-refractivity contribution in [1.29, 1.82) is 0 Å². The van der Waals surface area contributed by atoms with Crippen LogP contribution < -0.4 is 5.32 Å². The van der Waals surface area contributed by atoms with Gasteiger partial charge in [0.1, 0.15) is 17.8 Å². The van der Waals surface area contributed by atoms with Crippen LogP contribution in [0.15, 0.2) is 35.1 Å². The minimum atomic E-state index is -0.317. The predicted octanol–water partition coefficient (Wildman–Crippen LogP) is 2.69. The van der Waals surface area contributed by atoms with Gasteiger partial charge in [-0.05, 0) is 31.4 Å². The molecule has 1 amide bonds. The van der Waals surface area contributed by atoms with E-state index in [1.807, 2.05) is 0 Å². The highest BCUT2D eigenvalue weighted by Gasteiger charge is 2.23. The van der Waals surface area contributed by atoms with Crippen molar-refractivity contribution in [2.45, 2.75) is 31.7 Å². The maximum absolute atomic E-state index is 13.2. The van der Waals surface area contributed by atoms with Gasteiger partial charge in [0.2, 0.25) is 5.91 Å². The maximum Gasteiger partial charge on any atom is 0.220 e. The number of aromatic nitrogens is 1. The molecule has 1 saturated carbocycles. The molecule has 1 heterocycles. The van der Waals surface area contributed by atoms with E-state index in [-0.39, 0.29) is 11.7 Å². The van der Waals surface area contributed by atoms with E-state index >= 15 is 0 Å². The van der Waals surface area contributed by atoms with E-state index < -0.39 is 0 Å². The van der Waals surface area contributed by atoms with E-state index in [9.17, 15) is 9.18 Å². The first-order chi connectivity index (χ1) is 9.72. The van der Waals surface area contributed by atoms with Crippen molar-refractivity contribution >= 4 is 5.91 Å². The Morgan fingerprint density at radius 1 is 1.45 bits per heavy atom. The molecule has 0 bridgehead atoms. The number of nitrogens with zero attached hydrogens (tertiary/aromatic N) is 1. The summed E-state index contributed by atoms with van der Waals surface area (Å²) in [5.41, 5.74) is 2.08. The first-order valence-corrected chi connectivity index (χ1v) is 6.71. The van der Waals surface area contributed by atoms with E-state index in [0.717, 1.165) is 18.4 Å². The van der Waals surface area contributed by atoms with Crippen molar-refractivity contribution < 1.29 is 13.7 Å². The van der Waals surface area contributed by atoms with Crippen LogP contribution in [0.3, 0.4) is 0 Å². The third-order valence-electron chi connectivity index (χ3n) is 3.31. The van der Waals surface area contributed by atoms with Crippen LogP contribution in [-0.2, 0) is 11.2 Å². The molecule has 4 nitrogen and oxygen atoms in total. The van der Waals surface area contributed by atoms with Gasteiger partial charge in [-0.1, -0.05) is 17.3 Å². The summed E-state index contributed by atoms with van der Waals surface area (Å²) in [6.45, 7) is 0. The van der Waals surface area contributed by atoms with Gasteiger partial charge in [0, 0.05) is 23.6 Å². The van der Waals surface area contributed by atoms with Gasteiger partial charge in [-0.2, -0.15) is 0 Å². The molecule has 0 aliphatic heterocycles. The molecule has 1 aliphatic rings. The Bertz CT molecular complexity index is 620. The quantitative estimate of drug-likeness (QED) is 0.912. The van der Waals surface area contributed by atoms with Gasteiger partial charge in [-0.25, -0.2) is 4.39 Å². The fraction of sp³-hybridized carbons (Fsp3) is 0.333. The van der Waals surface area contributed by atoms with E-state index in [0.29, 0.717) is 30.1 Å². The normalized spacial score (nSPS) is 14.2. The first kappa shape index (κ1) is 12.8. The molecule has 0 saturated heterocycles.